The Morgan fingerprint density at radius 1 is 1.29 bits per heavy atom. The fourth-order valence-corrected chi connectivity index (χ4v) is 4.89. The van der Waals surface area contributed by atoms with Crippen molar-refractivity contribution in [2.24, 2.45) is 0 Å². The number of nitriles is 1. The quantitative estimate of drug-likeness (QED) is 0.409. The molecule has 0 atom stereocenters. The number of halogens is 3. The molecule has 0 unspecified atom stereocenters. The molecule has 1 aliphatic heterocycles. The van der Waals surface area contributed by atoms with E-state index in [0.717, 1.165) is 22.0 Å². The molecule has 4 heterocycles. The van der Waals surface area contributed by atoms with Gasteiger partial charge in [-0.15, -0.1) is 12.4 Å². The Morgan fingerprint density at radius 3 is 2.71 bits per heavy atom. The molecule has 0 radical (unpaired) electrons. The molecule has 1 aliphatic rings. The number of pyridine rings is 1. The maximum atomic E-state index is 15.2. The van der Waals surface area contributed by atoms with Crippen LogP contribution in [0.25, 0.3) is 16.8 Å². The lowest BCUT2D eigenvalue weighted by atomic mass is 10.1. The predicted octanol–water partition coefficient (Wildman–Crippen LogP) is 4.77. The van der Waals surface area contributed by atoms with E-state index >= 15 is 4.39 Å². The minimum atomic E-state index is -3.08. The molecule has 7 nitrogen and oxygen atoms in total. The zero-order chi connectivity index (χ0) is 28.1. The molecule has 0 amide bonds. The number of nitrogens with one attached hydrogen (secondary N) is 1. The molecule has 0 spiro atoms. The smallest absolute Gasteiger partial charge is 0.191 e. The van der Waals surface area contributed by atoms with Crippen molar-refractivity contribution in [2.45, 2.75) is 13.2 Å². The highest BCUT2D eigenvalue weighted by atomic mass is 35.5. The molecule has 0 bridgehead atoms. The van der Waals surface area contributed by atoms with Crippen molar-refractivity contribution >= 4 is 45.8 Å². The molecule has 0 saturated carbocycles. The predicted molar refractivity (Wildman–Crippen MR) is 137 cm³/mol. The second kappa shape index (κ2) is 10.2. The summed E-state index contributed by atoms with van der Waals surface area (Å²) in [5.41, 5.74) is 1.02. The normalized spacial score (nSPS) is 16.4. The lowest BCUT2D eigenvalue weighted by Crippen LogP contribution is -2.43. The van der Waals surface area contributed by atoms with E-state index in [4.69, 9.17) is 6.85 Å². The number of fused-ring (bicyclic) bond motifs is 1. The van der Waals surface area contributed by atoms with Gasteiger partial charge in [0.15, 0.2) is 10.9 Å². The van der Waals surface area contributed by atoms with E-state index in [1.165, 1.54) is 35.2 Å². The SMILES string of the molecule is Cl.[2H]C([2H])([2H])C([2H])([2H])c1nn2cc(F)c(N3CCNCC3)cc2c1N(C)c1nc(-c2ccc(F)cc2)c(C#N)s1. The Morgan fingerprint density at radius 2 is 2.03 bits per heavy atom. The number of benzene rings is 1. The third-order valence-electron chi connectivity index (χ3n) is 5.71. The summed E-state index contributed by atoms with van der Waals surface area (Å²) < 4.78 is 70.3. The average molecular weight is 521 g/mol. The van der Waals surface area contributed by atoms with Crippen molar-refractivity contribution in [3.8, 4) is 17.3 Å². The highest BCUT2D eigenvalue weighted by Gasteiger charge is 2.24. The number of hydrogen-bond donors (Lipinski definition) is 1. The zero-order valence-corrected chi connectivity index (χ0v) is 20.2. The molecule has 1 fully saturated rings. The highest BCUT2D eigenvalue weighted by Crippen LogP contribution is 2.39. The lowest BCUT2D eigenvalue weighted by Gasteiger charge is -2.29. The third-order valence-corrected chi connectivity index (χ3v) is 6.75. The van der Waals surface area contributed by atoms with Crippen LogP contribution in [0.1, 0.15) is 24.3 Å². The number of thiazole rings is 1. The van der Waals surface area contributed by atoms with Crippen molar-refractivity contribution < 1.29 is 15.6 Å². The molecule has 0 aliphatic carbocycles. The summed E-state index contributed by atoms with van der Waals surface area (Å²) in [4.78, 5) is 8.10. The molecule has 5 rings (SSSR count). The molecular formula is C24H24ClF2N7S. The molecule has 3 aromatic heterocycles. The van der Waals surface area contributed by atoms with Crippen molar-refractivity contribution in [3.05, 3.63) is 58.7 Å². The van der Waals surface area contributed by atoms with Crippen LogP contribution in [-0.4, -0.2) is 47.8 Å². The maximum absolute atomic E-state index is 15.2. The van der Waals surface area contributed by atoms with Crippen LogP contribution in [0.3, 0.4) is 0 Å². The fourth-order valence-electron chi connectivity index (χ4n) is 4.03. The van der Waals surface area contributed by atoms with Gasteiger partial charge in [0.25, 0.3) is 0 Å². The zero-order valence-electron chi connectivity index (χ0n) is 23.5. The molecule has 1 N–H and O–H groups in total. The second-order valence-corrected chi connectivity index (χ2v) is 8.73. The summed E-state index contributed by atoms with van der Waals surface area (Å²) in [5.74, 6) is -1.03. The first-order valence-corrected chi connectivity index (χ1v) is 11.3. The second-order valence-electron chi connectivity index (χ2n) is 7.75. The Labute approximate surface area is 219 Å². The third kappa shape index (κ3) is 4.55. The van der Waals surface area contributed by atoms with E-state index in [1.807, 2.05) is 4.90 Å². The van der Waals surface area contributed by atoms with Crippen molar-refractivity contribution in [3.63, 3.8) is 0 Å². The van der Waals surface area contributed by atoms with Crippen LogP contribution in [0, 0.1) is 23.0 Å². The molecular weight excluding hydrogens is 492 g/mol. The van der Waals surface area contributed by atoms with Crippen LogP contribution in [0.4, 0.5) is 25.3 Å². The monoisotopic (exact) mass is 520 g/mol. The van der Waals surface area contributed by atoms with Gasteiger partial charge in [0.1, 0.15) is 22.5 Å². The highest BCUT2D eigenvalue weighted by molar-refractivity contribution is 7.16. The molecule has 1 saturated heterocycles. The fraction of sp³-hybridized carbons (Fsp3) is 0.292. The number of hydrogen-bond acceptors (Lipinski definition) is 7. The first-order valence-electron chi connectivity index (χ1n) is 13.0. The minimum Gasteiger partial charge on any atom is -0.367 e. The molecule has 35 heavy (non-hydrogen) atoms. The number of nitrogens with zero attached hydrogens (tertiary/aromatic N) is 6. The summed E-state index contributed by atoms with van der Waals surface area (Å²) in [6.07, 6.45) is -1.79. The summed E-state index contributed by atoms with van der Waals surface area (Å²) in [5, 5.41) is 17.4. The van der Waals surface area contributed by atoms with Gasteiger partial charge in [-0.2, -0.15) is 10.4 Å². The van der Waals surface area contributed by atoms with E-state index in [2.05, 4.69) is 21.5 Å². The Balaban J connectivity index is 0.00000370. The number of piperazine rings is 1. The molecule has 182 valence electrons. The summed E-state index contributed by atoms with van der Waals surface area (Å²) in [6.45, 7) is -0.666. The lowest BCUT2D eigenvalue weighted by molar-refractivity contribution is 0.562. The summed E-state index contributed by atoms with van der Waals surface area (Å²) >= 11 is 1.00. The van der Waals surface area contributed by atoms with Gasteiger partial charge in [-0.3, -0.25) is 0 Å². The summed E-state index contributed by atoms with van der Waals surface area (Å²) in [6, 6.07) is 9.09. The van der Waals surface area contributed by atoms with Gasteiger partial charge in [0.2, 0.25) is 0 Å². The van der Waals surface area contributed by atoms with Crippen LogP contribution in [0.2, 0.25) is 0 Å². The first kappa shape index (κ1) is 19.0. The van der Waals surface area contributed by atoms with Crippen LogP contribution < -0.4 is 15.1 Å². The van der Waals surface area contributed by atoms with Crippen LogP contribution in [0.15, 0.2) is 36.5 Å². The van der Waals surface area contributed by atoms with Crippen molar-refractivity contribution in [2.75, 3.05) is 43.0 Å². The number of rotatable bonds is 5. The summed E-state index contributed by atoms with van der Waals surface area (Å²) in [7, 11) is 1.55. The van der Waals surface area contributed by atoms with Crippen molar-refractivity contribution in [1.82, 2.24) is 19.9 Å². The Bertz CT molecular complexity index is 1580. The van der Waals surface area contributed by atoms with E-state index in [-0.39, 0.29) is 39.3 Å². The Kier molecular flexibility index (Phi) is 5.51. The topological polar surface area (TPSA) is 72.5 Å². The van der Waals surface area contributed by atoms with Gasteiger partial charge in [0.05, 0.1) is 28.8 Å². The van der Waals surface area contributed by atoms with E-state index in [9.17, 15) is 9.65 Å². The van der Waals surface area contributed by atoms with Crippen LogP contribution in [-0.2, 0) is 6.37 Å². The molecule has 11 heteroatoms. The molecule has 1 aromatic carbocycles. The number of aromatic nitrogens is 3. The average Bonchev–Trinajstić information content (AvgIpc) is 3.50. The maximum Gasteiger partial charge on any atom is 0.191 e. The Hall–Kier alpha value is -3.26. The standard InChI is InChI=1S/C24H23F2N7S.ClH/c1-3-18-23(20-12-19(17(26)14-33(20)30-18)32-10-8-28-9-11-32)31(2)24-29-22(21(13-27)34-24)15-4-6-16(25)7-5-15;/h4-7,12,14,28H,3,8-11H2,1-2H3;1H/i1D3,3D2;. The van der Waals surface area contributed by atoms with Gasteiger partial charge >= 0.3 is 0 Å². The van der Waals surface area contributed by atoms with Gasteiger partial charge in [-0.05, 0) is 36.7 Å². The van der Waals surface area contributed by atoms with Gasteiger partial charge in [-0.1, -0.05) is 18.2 Å². The van der Waals surface area contributed by atoms with Crippen LogP contribution >= 0.6 is 23.7 Å². The van der Waals surface area contributed by atoms with E-state index in [0.29, 0.717) is 37.4 Å². The van der Waals surface area contributed by atoms with Crippen LogP contribution in [0.5, 0.6) is 0 Å². The van der Waals surface area contributed by atoms with E-state index in [1.54, 1.807) is 7.05 Å². The number of anilines is 3. The number of aryl methyl sites for hydroxylation is 1. The molecule has 4 aromatic rings. The largest absolute Gasteiger partial charge is 0.367 e. The van der Waals surface area contributed by atoms with Crippen molar-refractivity contribution in [1.29, 1.82) is 5.26 Å². The minimum absolute atomic E-state index is 0. The van der Waals surface area contributed by atoms with Gasteiger partial charge < -0.3 is 15.1 Å². The van der Waals surface area contributed by atoms with Gasteiger partial charge in [0, 0.05) is 45.6 Å². The van der Waals surface area contributed by atoms with E-state index < -0.39 is 30.6 Å². The van der Waals surface area contributed by atoms with Gasteiger partial charge in [-0.25, -0.2) is 18.3 Å². The first-order chi connectivity index (χ1) is 18.4.